The van der Waals surface area contributed by atoms with E-state index in [9.17, 15) is 14.5 Å². The van der Waals surface area contributed by atoms with Crippen LogP contribution in [-0.4, -0.2) is 27.2 Å². The first-order chi connectivity index (χ1) is 12.6. The highest BCUT2D eigenvalue weighted by molar-refractivity contribution is 5.63. The van der Waals surface area contributed by atoms with Gasteiger partial charge in [-0.25, -0.2) is 4.39 Å². The third-order valence-corrected chi connectivity index (χ3v) is 4.05. The minimum absolute atomic E-state index is 0.226. The summed E-state index contributed by atoms with van der Waals surface area (Å²) in [4.78, 5) is 13.9. The molecule has 3 aromatic rings. The maximum atomic E-state index is 13.0. The lowest BCUT2D eigenvalue weighted by Gasteiger charge is -2.11. The van der Waals surface area contributed by atoms with Gasteiger partial charge < -0.3 is 19.6 Å². The summed E-state index contributed by atoms with van der Waals surface area (Å²) in [7, 11) is 0. The van der Waals surface area contributed by atoms with E-state index in [-0.39, 0.29) is 23.7 Å². The monoisotopic (exact) mass is 355 g/mol. The lowest BCUT2D eigenvalue weighted by molar-refractivity contribution is -0.389. The van der Waals surface area contributed by atoms with Crippen LogP contribution in [0, 0.1) is 15.9 Å². The van der Waals surface area contributed by atoms with Crippen molar-refractivity contribution < 1.29 is 18.8 Å². The Kier molecular flexibility index (Phi) is 4.00. The summed E-state index contributed by atoms with van der Waals surface area (Å²) < 4.78 is 25.8. The Labute approximate surface area is 147 Å². The SMILES string of the molecule is O=[N+]([O-])c1cn2c(n1)OC(COc1ccc(-c3ccc(F)cc3)cc1)C2. The highest BCUT2D eigenvalue weighted by atomic mass is 19.1. The molecular formula is C18H14FN3O4. The molecule has 0 amide bonds. The first kappa shape index (κ1) is 16.1. The fourth-order valence-electron chi connectivity index (χ4n) is 2.77. The van der Waals surface area contributed by atoms with Gasteiger partial charge in [0.05, 0.1) is 6.54 Å². The Bertz CT molecular complexity index is 915. The average molecular weight is 355 g/mol. The summed E-state index contributed by atoms with van der Waals surface area (Å²) in [5.41, 5.74) is 1.88. The third-order valence-electron chi connectivity index (χ3n) is 4.05. The van der Waals surface area contributed by atoms with Gasteiger partial charge in [0, 0.05) is 4.98 Å². The van der Waals surface area contributed by atoms with Crippen LogP contribution in [0.4, 0.5) is 10.2 Å². The number of halogens is 1. The van der Waals surface area contributed by atoms with Gasteiger partial charge in [-0.05, 0) is 40.3 Å². The van der Waals surface area contributed by atoms with Gasteiger partial charge in [0.1, 0.15) is 24.4 Å². The van der Waals surface area contributed by atoms with Crippen molar-refractivity contribution in [3.8, 4) is 22.9 Å². The van der Waals surface area contributed by atoms with E-state index in [1.807, 2.05) is 24.3 Å². The number of aromatic nitrogens is 2. The first-order valence-electron chi connectivity index (χ1n) is 7.95. The molecule has 0 fully saturated rings. The largest absolute Gasteiger partial charge is 0.490 e. The van der Waals surface area contributed by atoms with Gasteiger partial charge >= 0.3 is 11.8 Å². The lowest BCUT2D eigenvalue weighted by atomic mass is 10.1. The van der Waals surface area contributed by atoms with Crippen LogP contribution in [0.15, 0.2) is 54.7 Å². The molecule has 8 heteroatoms. The zero-order chi connectivity index (χ0) is 18.1. The third kappa shape index (κ3) is 3.21. The molecule has 132 valence electrons. The minimum Gasteiger partial charge on any atom is -0.490 e. The van der Waals surface area contributed by atoms with E-state index < -0.39 is 4.92 Å². The maximum Gasteiger partial charge on any atom is 0.414 e. The smallest absolute Gasteiger partial charge is 0.414 e. The van der Waals surface area contributed by atoms with Gasteiger partial charge in [-0.15, -0.1) is 0 Å². The number of ether oxygens (including phenoxy) is 2. The van der Waals surface area contributed by atoms with Gasteiger partial charge in [-0.3, -0.25) is 4.57 Å². The molecule has 2 heterocycles. The summed E-state index contributed by atoms with van der Waals surface area (Å²) >= 11 is 0. The molecule has 1 aromatic heterocycles. The Hall–Kier alpha value is -3.42. The number of nitro groups is 1. The van der Waals surface area contributed by atoms with Crippen LogP contribution in [0.1, 0.15) is 0 Å². The standard InChI is InChI=1S/C18H14FN3O4/c19-14-5-1-12(2-6-14)13-3-7-15(8-4-13)25-11-16-9-21-10-17(22(23)24)20-18(21)26-16/h1-8,10,16H,9,11H2. The van der Waals surface area contributed by atoms with Gasteiger partial charge in [0.25, 0.3) is 0 Å². The molecule has 0 saturated carbocycles. The fourth-order valence-corrected chi connectivity index (χ4v) is 2.77. The normalized spacial score (nSPS) is 15.3. The number of rotatable bonds is 5. The van der Waals surface area contributed by atoms with Crippen molar-refractivity contribution in [1.82, 2.24) is 9.55 Å². The molecule has 0 aliphatic carbocycles. The summed E-state index contributed by atoms with van der Waals surface area (Å²) in [5.74, 6) is 0.182. The summed E-state index contributed by atoms with van der Waals surface area (Å²) in [6, 6.07) is 14.0. The maximum absolute atomic E-state index is 13.0. The molecule has 26 heavy (non-hydrogen) atoms. The van der Waals surface area contributed by atoms with Crippen LogP contribution < -0.4 is 9.47 Å². The van der Waals surface area contributed by atoms with Crippen molar-refractivity contribution in [3.05, 3.63) is 70.7 Å². The molecule has 0 N–H and O–H groups in total. The van der Waals surface area contributed by atoms with Crippen molar-refractivity contribution in [1.29, 1.82) is 0 Å². The second-order valence-electron chi connectivity index (χ2n) is 5.87. The van der Waals surface area contributed by atoms with E-state index in [1.54, 1.807) is 16.7 Å². The summed E-state index contributed by atoms with van der Waals surface area (Å²) in [6.07, 6.45) is 1.10. The molecular weight excluding hydrogens is 341 g/mol. The highest BCUT2D eigenvalue weighted by Gasteiger charge is 2.31. The molecule has 1 unspecified atom stereocenters. The number of nitrogens with zero attached hydrogens (tertiary/aromatic N) is 3. The lowest BCUT2D eigenvalue weighted by Crippen LogP contribution is -2.23. The van der Waals surface area contributed by atoms with E-state index >= 15 is 0 Å². The quantitative estimate of drug-likeness (QED) is 0.517. The van der Waals surface area contributed by atoms with Crippen LogP contribution in [0.25, 0.3) is 11.1 Å². The van der Waals surface area contributed by atoms with Crippen LogP contribution in [-0.2, 0) is 6.54 Å². The molecule has 0 spiro atoms. The summed E-state index contributed by atoms with van der Waals surface area (Å²) in [5, 5.41) is 10.7. The Balaban J connectivity index is 1.34. The second kappa shape index (κ2) is 6.47. The second-order valence-corrected chi connectivity index (χ2v) is 5.87. The van der Waals surface area contributed by atoms with Gasteiger partial charge in [0.15, 0.2) is 6.10 Å². The topological polar surface area (TPSA) is 79.4 Å². The minimum atomic E-state index is -0.553. The van der Waals surface area contributed by atoms with E-state index in [1.165, 1.54) is 18.3 Å². The summed E-state index contributed by atoms with van der Waals surface area (Å²) in [6.45, 7) is 0.747. The molecule has 2 aromatic carbocycles. The molecule has 1 atom stereocenters. The molecule has 0 saturated heterocycles. The van der Waals surface area contributed by atoms with E-state index in [2.05, 4.69) is 4.98 Å². The number of fused-ring (bicyclic) bond motifs is 1. The Morgan fingerprint density at radius 2 is 1.85 bits per heavy atom. The van der Waals surface area contributed by atoms with E-state index in [4.69, 9.17) is 9.47 Å². The van der Waals surface area contributed by atoms with Crippen LogP contribution in [0.2, 0.25) is 0 Å². The number of hydrogen-bond acceptors (Lipinski definition) is 5. The van der Waals surface area contributed by atoms with Crippen molar-refractivity contribution in [2.75, 3.05) is 6.61 Å². The molecule has 1 aliphatic heterocycles. The van der Waals surface area contributed by atoms with Crippen molar-refractivity contribution in [3.63, 3.8) is 0 Å². The van der Waals surface area contributed by atoms with Crippen LogP contribution in [0.5, 0.6) is 11.8 Å². The molecule has 0 bridgehead atoms. The Morgan fingerprint density at radius 3 is 2.46 bits per heavy atom. The Morgan fingerprint density at radius 1 is 1.19 bits per heavy atom. The van der Waals surface area contributed by atoms with Gasteiger partial charge in [0.2, 0.25) is 0 Å². The van der Waals surface area contributed by atoms with Crippen LogP contribution in [0.3, 0.4) is 0 Å². The first-order valence-corrected chi connectivity index (χ1v) is 7.95. The predicted octanol–water partition coefficient (Wildman–Crippen LogP) is 3.44. The van der Waals surface area contributed by atoms with Crippen molar-refractivity contribution in [2.24, 2.45) is 0 Å². The molecule has 7 nitrogen and oxygen atoms in total. The zero-order valence-electron chi connectivity index (χ0n) is 13.5. The fraction of sp³-hybridized carbons (Fsp3) is 0.167. The molecule has 4 rings (SSSR count). The number of benzene rings is 2. The number of hydrogen-bond donors (Lipinski definition) is 0. The predicted molar refractivity (Wildman–Crippen MR) is 90.6 cm³/mol. The van der Waals surface area contributed by atoms with Crippen molar-refractivity contribution in [2.45, 2.75) is 12.6 Å². The van der Waals surface area contributed by atoms with E-state index in [0.29, 0.717) is 18.9 Å². The molecule has 0 radical (unpaired) electrons. The molecule has 1 aliphatic rings. The van der Waals surface area contributed by atoms with Gasteiger partial charge in [-0.1, -0.05) is 24.3 Å². The van der Waals surface area contributed by atoms with Crippen molar-refractivity contribution >= 4 is 5.82 Å². The van der Waals surface area contributed by atoms with Crippen LogP contribution >= 0.6 is 0 Å². The highest BCUT2D eigenvalue weighted by Crippen LogP contribution is 2.26. The zero-order valence-corrected chi connectivity index (χ0v) is 13.5. The van der Waals surface area contributed by atoms with E-state index in [0.717, 1.165) is 11.1 Å². The average Bonchev–Trinajstić information content (AvgIpc) is 3.20. The number of imidazole rings is 1. The van der Waals surface area contributed by atoms with Gasteiger partial charge in [-0.2, -0.15) is 0 Å².